The summed E-state index contributed by atoms with van der Waals surface area (Å²) < 4.78 is 25.8. The predicted molar refractivity (Wildman–Crippen MR) is 62.0 cm³/mol. The molecule has 2 rings (SSSR count). The molecule has 0 amide bonds. The zero-order valence-corrected chi connectivity index (χ0v) is 9.53. The molecular formula is C11H13NO3S. The molecular weight excluding hydrogens is 226 g/mol. The summed E-state index contributed by atoms with van der Waals surface area (Å²) in [5, 5.41) is 0. The van der Waals surface area contributed by atoms with E-state index in [9.17, 15) is 13.2 Å². The third kappa shape index (κ3) is 3.06. The molecule has 0 bridgehead atoms. The smallest absolute Gasteiger partial charge is 0.232 e. The van der Waals surface area contributed by atoms with Gasteiger partial charge < -0.3 is 0 Å². The van der Waals surface area contributed by atoms with Crippen LogP contribution < -0.4 is 4.72 Å². The lowest BCUT2D eigenvalue weighted by atomic mass is 10.2. The molecule has 0 spiro atoms. The molecule has 1 aromatic rings. The Bertz CT molecular complexity index is 492. The van der Waals surface area contributed by atoms with E-state index >= 15 is 0 Å². The summed E-state index contributed by atoms with van der Waals surface area (Å²) in [5.41, 5.74) is 0.914. The van der Waals surface area contributed by atoms with Crippen molar-refractivity contribution in [3.8, 4) is 0 Å². The first-order valence-corrected chi connectivity index (χ1v) is 6.80. The lowest BCUT2D eigenvalue weighted by molar-refractivity contribution is 0.112. The van der Waals surface area contributed by atoms with Gasteiger partial charge in [-0.05, 0) is 30.9 Å². The molecule has 5 heteroatoms. The van der Waals surface area contributed by atoms with Crippen LogP contribution >= 0.6 is 0 Å². The number of nitrogens with one attached hydrogen (secondary N) is 1. The average Bonchev–Trinajstić information content (AvgIpc) is 3.00. The Morgan fingerprint density at radius 3 is 2.75 bits per heavy atom. The van der Waals surface area contributed by atoms with Crippen molar-refractivity contribution in [1.82, 2.24) is 0 Å². The Kier molecular flexibility index (Phi) is 2.96. The van der Waals surface area contributed by atoms with Gasteiger partial charge in [0.1, 0.15) is 6.29 Å². The number of benzene rings is 1. The highest BCUT2D eigenvalue weighted by atomic mass is 32.2. The zero-order chi connectivity index (χ0) is 11.6. The topological polar surface area (TPSA) is 63.2 Å². The van der Waals surface area contributed by atoms with Crippen molar-refractivity contribution < 1.29 is 13.2 Å². The molecule has 86 valence electrons. The number of rotatable bonds is 5. The summed E-state index contributed by atoms with van der Waals surface area (Å²) in [6, 6.07) is 6.44. The third-order valence-electron chi connectivity index (χ3n) is 2.45. The first kappa shape index (κ1) is 11.1. The normalized spacial score (nSPS) is 15.8. The van der Waals surface area contributed by atoms with Crippen LogP contribution in [0.4, 0.5) is 5.69 Å². The van der Waals surface area contributed by atoms with Crippen molar-refractivity contribution in [1.29, 1.82) is 0 Å². The molecule has 1 saturated carbocycles. The zero-order valence-electron chi connectivity index (χ0n) is 8.72. The molecule has 1 aliphatic carbocycles. The van der Waals surface area contributed by atoms with Gasteiger partial charge in [0, 0.05) is 11.3 Å². The number of hydrogen-bond donors (Lipinski definition) is 1. The number of hydrogen-bond acceptors (Lipinski definition) is 3. The summed E-state index contributed by atoms with van der Waals surface area (Å²) in [7, 11) is -3.26. The summed E-state index contributed by atoms with van der Waals surface area (Å²) >= 11 is 0. The minimum atomic E-state index is -3.26. The minimum Gasteiger partial charge on any atom is -0.298 e. The highest BCUT2D eigenvalue weighted by molar-refractivity contribution is 7.92. The van der Waals surface area contributed by atoms with Crippen LogP contribution in [0.3, 0.4) is 0 Å². The van der Waals surface area contributed by atoms with E-state index in [-0.39, 0.29) is 5.75 Å². The molecule has 0 atom stereocenters. The predicted octanol–water partition coefficient (Wildman–Crippen LogP) is 1.65. The molecule has 0 aromatic heterocycles. The summed E-state index contributed by atoms with van der Waals surface area (Å²) in [4.78, 5) is 10.5. The number of anilines is 1. The molecule has 0 aliphatic heterocycles. The Morgan fingerprint density at radius 1 is 1.38 bits per heavy atom. The molecule has 4 nitrogen and oxygen atoms in total. The van der Waals surface area contributed by atoms with Crippen molar-refractivity contribution in [2.24, 2.45) is 5.92 Å². The van der Waals surface area contributed by atoms with E-state index in [1.165, 1.54) is 6.07 Å². The van der Waals surface area contributed by atoms with Crippen LogP contribution in [0, 0.1) is 5.92 Å². The molecule has 1 aliphatic rings. The fraction of sp³-hybridized carbons (Fsp3) is 0.364. The summed E-state index contributed by atoms with van der Waals surface area (Å²) in [6.45, 7) is 0. The second-order valence-corrected chi connectivity index (χ2v) is 5.84. The standard InChI is InChI=1S/C11H13NO3S/c13-7-10-2-1-3-11(6-10)12-16(14,15)8-9-4-5-9/h1-3,6-7,9,12H,4-5,8H2. The van der Waals surface area contributed by atoms with Gasteiger partial charge in [-0.3, -0.25) is 9.52 Å². The van der Waals surface area contributed by atoms with Gasteiger partial charge in [0.25, 0.3) is 0 Å². The van der Waals surface area contributed by atoms with E-state index in [1.54, 1.807) is 18.2 Å². The first-order valence-electron chi connectivity index (χ1n) is 5.15. The number of aldehydes is 1. The maximum atomic E-state index is 11.7. The van der Waals surface area contributed by atoms with Gasteiger partial charge in [0.15, 0.2) is 0 Å². The van der Waals surface area contributed by atoms with Gasteiger partial charge in [0.05, 0.1) is 5.75 Å². The van der Waals surface area contributed by atoms with Gasteiger partial charge >= 0.3 is 0 Å². The fourth-order valence-corrected chi connectivity index (χ4v) is 3.01. The lowest BCUT2D eigenvalue weighted by Gasteiger charge is -2.07. The fourth-order valence-electron chi connectivity index (χ4n) is 1.49. The largest absolute Gasteiger partial charge is 0.298 e. The van der Waals surface area contributed by atoms with E-state index in [0.717, 1.165) is 12.8 Å². The van der Waals surface area contributed by atoms with Crippen molar-refractivity contribution in [3.05, 3.63) is 29.8 Å². The van der Waals surface area contributed by atoms with Gasteiger partial charge in [0.2, 0.25) is 10.0 Å². The van der Waals surface area contributed by atoms with Crippen molar-refractivity contribution in [3.63, 3.8) is 0 Å². The van der Waals surface area contributed by atoms with Crippen LogP contribution in [-0.2, 0) is 10.0 Å². The van der Waals surface area contributed by atoms with E-state index in [4.69, 9.17) is 0 Å². The summed E-state index contributed by atoms with van der Waals surface area (Å²) in [6.07, 6.45) is 2.68. The molecule has 1 aromatic carbocycles. The maximum absolute atomic E-state index is 11.7. The monoisotopic (exact) mass is 239 g/mol. The molecule has 0 unspecified atom stereocenters. The third-order valence-corrected chi connectivity index (χ3v) is 3.91. The minimum absolute atomic E-state index is 0.179. The average molecular weight is 239 g/mol. The van der Waals surface area contributed by atoms with E-state index in [2.05, 4.69) is 4.72 Å². The van der Waals surface area contributed by atoms with Gasteiger partial charge in [-0.1, -0.05) is 12.1 Å². The highest BCUT2D eigenvalue weighted by Crippen LogP contribution is 2.30. The van der Waals surface area contributed by atoms with Gasteiger partial charge in [-0.2, -0.15) is 0 Å². The van der Waals surface area contributed by atoms with E-state index in [1.807, 2.05) is 0 Å². The van der Waals surface area contributed by atoms with E-state index < -0.39 is 10.0 Å². The molecule has 16 heavy (non-hydrogen) atoms. The second kappa shape index (κ2) is 4.25. The van der Waals surface area contributed by atoms with Gasteiger partial charge in [-0.15, -0.1) is 0 Å². The van der Waals surface area contributed by atoms with Crippen LogP contribution in [0.5, 0.6) is 0 Å². The van der Waals surface area contributed by atoms with Crippen LogP contribution in [0.1, 0.15) is 23.2 Å². The Morgan fingerprint density at radius 2 is 2.12 bits per heavy atom. The first-order chi connectivity index (χ1) is 7.59. The number of carbonyl (C=O) groups excluding carboxylic acids is 1. The quantitative estimate of drug-likeness (QED) is 0.795. The molecule has 1 N–H and O–H groups in total. The van der Waals surface area contributed by atoms with Crippen LogP contribution in [-0.4, -0.2) is 20.5 Å². The SMILES string of the molecule is O=Cc1cccc(NS(=O)(=O)CC2CC2)c1. The molecule has 0 heterocycles. The molecule has 0 radical (unpaired) electrons. The van der Waals surface area contributed by atoms with Gasteiger partial charge in [-0.25, -0.2) is 8.42 Å². The Labute approximate surface area is 94.7 Å². The maximum Gasteiger partial charge on any atom is 0.232 e. The molecule has 1 fully saturated rings. The van der Waals surface area contributed by atoms with Crippen LogP contribution in [0.2, 0.25) is 0 Å². The van der Waals surface area contributed by atoms with Crippen molar-refractivity contribution >= 4 is 22.0 Å². The van der Waals surface area contributed by atoms with Crippen molar-refractivity contribution in [2.75, 3.05) is 10.5 Å². The Balaban J connectivity index is 2.09. The lowest BCUT2D eigenvalue weighted by Crippen LogP contribution is -2.17. The number of carbonyl (C=O) groups is 1. The highest BCUT2D eigenvalue weighted by Gasteiger charge is 2.27. The second-order valence-electron chi connectivity index (χ2n) is 4.07. The van der Waals surface area contributed by atoms with Crippen LogP contribution in [0.15, 0.2) is 24.3 Å². The van der Waals surface area contributed by atoms with E-state index in [0.29, 0.717) is 23.5 Å². The summed E-state index contributed by atoms with van der Waals surface area (Å²) in [5.74, 6) is 0.491. The number of sulfonamides is 1. The van der Waals surface area contributed by atoms with Crippen molar-refractivity contribution in [2.45, 2.75) is 12.8 Å². The van der Waals surface area contributed by atoms with Crippen LogP contribution in [0.25, 0.3) is 0 Å². The Hall–Kier alpha value is -1.36. The molecule has 0 saturated heterocycles.